The molecule has 0 saturated carbocycles. The summed E-state index contributed by atoms with van der Waals surface area (Å²) in [5.41, 5.74) is 0.750. The van der Waals surface area contributed by atoms with Gasteiger partial charge in [-0.05, 0) is 42.9 Å². The molecule has 7 heteroatoms. The molecule has 2 nitrogen and oxygen atoms in total. The van der Waals surface area contributed by atoms with Gasteiger partial charge < -0.3 is 9.80 Å². The van der Waals surface area contributed by atoms with Gasteiger partial charge in [0.05, 0.1) is 5.56 Å². The Morgan fingerprint density at radius 3 is 2.33 bits per heavy atom. The Morgan fingerprint density at radius 2 is 1.67 bits per heavy atom. The van der Waals surface area contributed by atoms with Crippen molar-refractivity contribution < 1.29 is 22.0 Å². The number of hydrogen-bond donors (Lipinski definition) is 0. The number of anilines is 2. The van der Waals surface area contributed by atoms with Crippen molar-refractivity contribution in [3.05, 3.63) is 59.2 Å². The molecule has 1 aliphatic heterocycles. The lowest BCUT2D eigenvalue weighted by molar-refractivity contribution is -0.137. The Balaban J connectivity index is 2.08. The van der Waals surface area contributed by atoms with Crippen LogP contribution in [-0.4, -0.2) is 25.0 Å². The molecule has 128 valence electrons. The van der Waals surface area contributed by atoms with Crippen molar-refractivity contribution in [3.63, 3.8) is 0 Å². The number of alkyl halides is 3. The van der Waals surface area contributed by atoms with E-state index in [9.17, 15) is 22.0 Å². The van der Waals surface area contributed by atoms with Crippen molar-refractivity contribution in [1.82, 2.24) is 4.90 Å². The van der Waals surface area contributed by atoms with Gasteiger partial charge in [0.1, 0.15) is 0 Å². The minimum Gasteiger partial charge on any atom is -0.340 e. The van der Waals surface area contributed by atoms with Crippen molar-refractivity contribution in [2.24, 2.45) is 0 Å². The van der Waals surface area contributed by atoms with E-state index >= 15 is 0 Å². The average Bonchev–Trinajstić information content (AvgIpc) is 2.67. The van der Waals surface area contributed by atoms with Gasteiger partial charge in [0.25, 0.3) is 0 Å². The molecule has 0 aliphatic carbocycles. The summed E-state index contributed by atoms with van der Waals surface area (Å²) in [7, 11) is 1.80. The molecule has 0 aromatic heterocycles. The predicted octanol–water partition coefficient (Wildman–Crippen LogP) is 4.57. The zero-order valence-electron chi connectivity index (χ0n) is 12.9. The van der Waals surface area contributed by atoms with Crippen molar-refractivity contribution in [2.75, 3.05) is 25.0 Å². The summed E-state index contributed by atoms with van der Waals surface area (Å²) >= 11 is 0. The zero-order valence-corrected chi connectivity index (χ0v) is 12.9. The van der Waals surface area contributed by atoms with Crippen molar-refractivity contribution >= 4 is 11.4 Å². The highest BCUT2D eigenvalue weighted by Crippen LogP contribution is 2.37. The molecule has 24 heavy (non-hydrogen) atoms. The normalized spacial score (nSPS) is 16.0. The van der Waals surface area contributed by atoms with E-state index < -0.39 is 23.4 Å². The molecule has 0 saturated heterocycles. The molecule has 3 rings (SSSR count). The fourth-order valence-electron chi connectivity index (χ4n) is 2.83. The number of fused-ring (bicyclic) bond motifs is 1. The lowest BCUT2D eigenvalue weighted by Crippen LogP contribution is -2.26. The first-order valence-corrected chi connectivity index (χ1v) is 7.37. The quantitative estimate of drug-likeness (QED) is 0.701. The molecule has 0 bridgehead atoms. The summed E-state index contributed by atoms with van der Waals surface area (Å²) < 4.78 is 65.6. The molecule has 1 aliphatic rings. The molecular formula is C17H15F5N2. The Kier molecular flexibility index (Phi) is 4.21. The van der Waals surface area contributed by atoms with Gasteiger partial charge in [-0.2, -0.15) is 13.2 Å². The smallest absolute Gasteiger partial charge is 0.340 e. The van der Waals surface area contributed by atoms with E-state index in [1.807, 2.05) is 4.90 Å². The lowest BCUT2D eigenvalue weighted by atomic mass is 10.1. The average molecular weight is 342 g/mol. The number of rotatable bonds is 1. The van der Waals surface area contributed by atoms with Crippen LogP contribution in [0.3, 0.4) is 0 Å². The summed E-state index contributed by atoms with van der Waals surface area (Å²) in [5.74, 6) is -1.95. The SMILES string of the molecule is CN1CCN(c2ccc(F)c(F)c2)c2ccc(C(F)(F)F)cc2C1. The second kappa shape index (κ2) is 6.05. The third-order valence-corrected chi connectivity index (χ3v) is 4.06. The van der Waals surface area contributed by atoms with Crippen LogP contribution in [0.2, 0.25) is 0 Å². The summed E-state index contributed by atoms with van der Waals surface area (Å²) in [6.45, 7) is 1.38. The number of benzene rings is 2. The molecule has 0 N–H and O–H groups in total. The van der Waals surface area contributed by atoms with Crippen molar-refractivity contribution in [3.8, 4) is 0 Å². The first kappa shape index (κ1) is 16.7. The van der Waals surface area contributed by atoms with Gasteiger partial charge in [-0.25, -0.2) is 8.78 Å². The Morgan fingerprint density at radius 1 is 0.917 bits per heavy atom. The van der Waals surface area contributed by atoms with Crippen LogP contribution in [0.4, 0.5) is 33.3 Å². The fourth-order valence-corrected chi connectivity index (χ4v) is 2.83. The monoisotopic (exact) mass is 342 g/mol. The van der Waals surface area contributed by atoms with E-state index in [0.717, 1.165) is 24.3 Å². The number of hydrogen-bond acceptors (Lipinski definition) is 2. The molecular weight excluding hydrogens is 327 g/mol. The molecule has 0 atom stereocenters. The van der Waals surface area contributed by atoms with E-state index in [-0.39, 0.29) is 0 Å². The van der Waals surface area contributed by atoms with E-state index in [0.29, 0.717) is 36.6 Å². The van der Waals surface area contributed by atoms with E-state index in [1.165, 1.54) is 12.1 Å². The first-order chi connectivity index (χ1) is 11.3. The first-order valence-electron chi connectivity index (χ1n) is 7.37. The Bertz CT molecular complexity index is 757. The number of halogens is 5. The van der Waals surface area contributed by atoms with Gasteiger partial charge in [-0.15, -0.1) is 0 Å². The molecule has 1 heterocycles. The Hall–Kier alpha value is -2.15. The summed E-state index contributed by atoms with van der Waals surface area (Å²) in [5, 5.41) is 0. The molecule has 2 aromatic rings. The van der Waals surface area contributed by atoms with E-state index in [4.69, 9.17) is 0 Å². The van der Waals surface area contributed by atoms with E-state index in [1.54, 1.807) is 11.9 Å². The van der Waals surface area contributed by atoms with Crippen LogP contribution in [0.1, 0.15) is 11.1 Å². The van der Waals surface area contributed by atoms with E-state index in [2.05, 4.69) is 0 Å². The standard InChI is InChI=1S/C17H15F5N2/c1-23-6-7-24(13-3-4-14(18)15(19)9-13)16-5-2-12(17(20,21)22)8-11(16)10-23/h2-5,8-9H,6-7,10H2,1H3. The van der Waals surface area contributed by atoms with Crippen molar-refractivity contribution in [2.45, 2.75) is 12.7 Å². The highest BCUT2D eigenvalue weighted by Gasteiger charge is 2.32. The molecule has 2 aromatic carbocycles. The minimum absolute atomic E-state index is 0.347. The Labute approximate surface area is 136 Å². The van der Waals surface area contributed by atoms with Crippen LogP contribution >= 0.6 is 0 Å². The second-order valence-electron chi connectivity index (χ2n) is 5.83. The maximum Gasteiger partial charge on any atom is 0.416 e. The molecule has 0 unspecified atom stereocenters. The van der Waals surface area contributed by atoms with Gasteiger partial charge in [0, 0.05) is 37.1 Å². The lowest BCUT2D eigenvalue weighted by Gasteiger charge is -2.25. The highest BCUT2D eigenvalue weighted by molar-refractivity contribution is 5.67. The molecule has 0 spiro atoms. The van der Waals surface area contributed by atoms with Crippen molar-refractivity contribution in [1.29, 1.82) is 0 Å². The van der Waals surface area contributed by atoms with Crippen LogP contribution in [0.25, 0.3) is 0 Å². The van der Waals surface area contributed by atoms with Gasteiger partial charge in [0.15, 0.2) is 11.6 Å². The second-order valence-corrected chi connectivity index (χ2v) is 5.83. The molecule has 0 radical (unpaired) electrons. The van der Waals surface area contributed by atoms with Gasteiger partial charge in [0.2, 0.25) is 0 Å². The number of nitrogens with zero attached hydrogens (tertiary/aromatic N) is 2. The van der Waals surface area contributed by atoms with Crippen LogP contribution in [0.15, 0.2) is 36.4 Å². The van der Waals surface area contributed by atoms with Crippen LogP contribution < -0.4 is 4.90 Å². The van der Waals surface area contributed by atoms with Crippen LogP contribution in [0.5, 0.6) is 0 Å². The summed E-state index contributed by atoms with van der Waals surface area (Å²) in [6.07, 6.45) is -4.42. The summed E-state index contributed by atoms with van der Waals surface area (Å²) in [4.78, 5) is 3.60. The zero-order chi connectivity index (χ0) is 17.5. The molecule has 0 amide bonds. The third kappa shape index (κ3) is 3.21. The topological polar surface area (TPSA) is 6.48 Å². The largest absolute Gasteiger partial charge is 0.416 e. The highest BCUT2D eigenvalue weighted by atomic mass is 19.4. The van der Waals surface area contributed by atoms with Gasteiger partial charge in [-0.3, -0.25) is 0 Å². The summed E-state index contributed by atoms with van der Waals surface area (Å²) in [6, 6.07) is 7.01. The third-order valence-electron chi connectivity index (χ3n) is 4.06. The van der Waals surface area contributed by atoms with Gasteiger partial charge in [-0.1, -0.05) is 0 Å². The maximum absolute atomic E-state index is 13.5. The maximum atomic E-state index is 13.5. The van der Waals surface area contributed by atoms with Gasteiger partial charge >= 0.3 is 6.18 Å². The number of likely N-dealkylation sites (N-methyl/N-ethyl adjacent to an activating group) is 1. The predicted molar refractivity (Wildman–Crippen MR) is 81.1 cm³/mol. The fraction of sp³-hybridized carbons (Fsp3) is 0.294. The minimum atomic E-state index is -4.42. The van der Waals surface area contributed by atoms with Crippen LogP contribution in [-0.2, 0) is 12.7 Å². The van der Waals surface area contributed by atoms with Crippen LogP contribution in [0, 0.1) is 11.6 Å². The molecule has 0 fully saturated rings.